The third-order valence-electron chi connectivity index (χ3n) is 5.85. The van der Waals surface area contributed by atoms with E-state index in [1.165, 1.54) is 116 Å². The molecule has 3 heteroatoms. The van der Waals surface area contributed by atoms with Crippen molar-refractivity contribution in [3.05, 3.63) is 12.2 Å². The topological polar surface area (TPSA) is 26.3 Å². The number of hydrogen-bond donors (Lipinski definition) is 0. The molecule has 0 aliphatic carbocycles. The summed E-state index contributed by atoms with van der Waals surface area (Å²) in [5.41, 5.74) is 0.517. The summed E-state index contributed by atoms with van der Waals surface area (Å²) >= 11 is 0. The van der Waals surface area contributed by atoms with E-state index in [9.17, 15) is 4.79 Å². The van der Waals surface area contributed by atoms with Crippen molar-refractivity contribution in [3.8, 4) is 0 Å². The van der Waals surface area contributed by atoms with Crippen LogP contribution in [-0.4, -0.2) is 14.3 Å². The second kappa shape index (κ2) is 19.4. The van der Waals surface area contributed by atoms with E-state index >= 15 is 0 Å². The van der Waals surface area contributed by atoms with Gasteiger partial charge in [0.15, 0.2) is 0 Å². The normalized spacial score (nSPS) is 11.6. The van der Waals surface area contributed by atoms with E-state index in [1.807, 2.05) is 0 Å². The Labute approximate surface area is 184 Å². The molecule has 0 radical (unpaired) electrons. The van der Waals surface area contributed by atoms with Crippen LogP contribution >= 0.6 is 0 Å². The molecule has 0 aromatic rings. The fraction of sp³-hybridized carbons (Fsp3) is 0.885. The lowest BCUT2D eigenvalue weighted by atomic mass is 10.0. The molecule has 0 aromatic heterocycles. The maximum Gasteiger partial charge on any atom is 0.319 e. The Bertz CT molecular complexity index is 404. The number of hydrogen-bond acceptors (Lipinski definition) is 2. The van der Waals surface area contributed by atoms with Gasteiger partial charge in [0.25, 0.3) is 0 Å². The first kappa shape index (κ1) is 28.4. The summed E-state index contributed by atoms with van der Waals surface area (Å²) in [6.45, 7) is 12.0. The molecule has 0 bridgehead atoms. The molecule has 2 nitrogen and oxygen atoms in total. The molecule has 0 aromatic carbocycles. The van der Waals surface area contributed by atoms with Crippen LogP contribution in [0.5, 0.6) is 0 Å². The Morgan fingerprint density at radius 3 is 1.28 bits per heavy atom. The fourth-order valence-corrected chi connectivity index (χ4v) is 5.72. The highest BCUT2D eigenvalue weighted by Crippen LogP contribution is 2.19. The smallest absolute Gasteiger partial charge is 0.319 e. The van der Waals surface area contributed by atoms with Gasteiger partial charge in [0, 0.05) is 5.57 Å². The van der Waals surface area contributed by atoms with E-state index in [0.29, 0.717) is 5.57 Å². The van der Waals surface area contributed by atoms with Crippen molar-refractivity contribution >= 4 is 14.3 Å². The Morgan fingerprint density at radius 1 is 0.655 bits per heavy atom. The zero-order valence-corrected chi connectivity index (χ0v) is 21.5. The van der Waals surface area contributed by atoms with Crippen LogP contribution < -0.4 is 0 Å². The van der Waals surface area contributed by atoms with Crippen LogP contribution in [-0.2, 0) is 9.22 Å². The quantitative estimate of drug-likeness (QED) is 0.104. The maximum atomic E-state index is 11.7. The van der Waals surface area contributed by atoms with Crippen molar-refractivity contribution in [3.63, 3.8) is 0 Å². The van der Waals surface area contributed by atoms with E-state index in [0.717, 1.165) is 6.04 Å². The van der Waals surface area contributed by atoms with Gasteiger partial charge in [-0.1, -0.05) is 129 Å². The molecule has 29 heavy (non-hydrogen) atoms. The van der Waals surface area contributed by atoms with E-state index in [1.54, 1.807) is 6.92 Å². The summed E-state index contributed by atoms with van der Waals surface area (Å²) < 4.78 is 5.63. The maximum absolute atomic E-state index is 11.7. The summed E-state index contributed by atoms with van der Waals surface area (Å²) in [5.74, 6) is -0.205. The number of rotatable bonds is 21. The molecule has 0 rings (SSSR count). The van der Waals surface area contributed by atoms with Crippen molar-refractivity contribution in [2.45, 2.75) is 149 Å². The lowest BCUT2D eigenvalue weighted by Crippen LogP contribution is -2.33. The molecule has 0 amide bonds. The summed E-state index contributed by atoms with van der Waals surface area (Å²) in [7, 11) is -1.85. The van der Waals surface area contributed by atoms with E-state index in [2.05, 4.69) is 26.6 Å². The standard InChI is InChI=1S/C26H52O2Si/c1-6-7-8-9-10-11-12-13-14-15-16-17-18-19-20-21-22-23-24-29(4,5)28-26(27)25(2)3/h2,6-24H2,1,3-5H3. The molecule has 0 spiro atoms. The highest BCUT2D eigenvalue weighted by molar-refractivity contribution is 6.72. The van der Waals surface area contributed by atoms with Crippen LogP contribution in [0.2, 0.25) is 19.1 Å². The van der Waals surface area contributed by atoms with Gasteiger partial charge in [-0.15, -0.1) is 0 Å². The number of carbonyl (C=O) groups is 1. The van der Waals surface area contributed by atoms with Gasteiger partial charge in [-0.3, -0.25) is 0 Å². The molecule has 0 heterocycles. The molecule has 0 unspecified atom stereocenters. The zero-order chi connectivity index (χ0) is 21.8. The SMILES string of the molecule is C=C(C)C(=O)O[Si](C)(C)CCCCCCCCCCCCCCCCCCCC. The Hall–Kier alpha value is -0.573. The minimum Gasteiger partial charge on any atom is -0.516 e. The molecule has 172 valence electrons. The highest BCUT2D eigenvalue weighted by atomic mass is 28.4. The minimum absolute atomic E-state index is 0.205. The Kier molecular flexibility index (Phi) is 19.0. The van der Waals surface area contributed by atoms with Crippen LogP contribution in [0.1, 0.15) is 129 Å². The molecular formula is C26H52O2Si. The molecule has 0 saturated heterocycles. The predicted molar refractivity (Wildman–Crippen MR) is 132 cm³/mol. The van der Waals surface area contributed by atoms with E-state index in [-0.39, 0.29) is 5.97 Å². The van der Waals surface area contributed by atoms with Gasteiger partial charge in [-0.2, -0.15) is 0 Å². The first-order chi connectivity index (χ1) is 13.9. The van der Waals surface area contributed by atoms with Gasteiger partial charge in [-0.05, 0) is 26.1 Å². The van der Waals surface area contributed by atoms with Crippen LogP contribution in [0.25, 0.3) is 0 Å². The molecule has 0 saturated carbocycles. The monoisotopic (exact) mass is 424 g/mol. The largest absolute Gasteiger partial charge is 0.516 e. The lowest BCUT2D eigenvalue weighted by Gasteiger charge is -2.22. The first-order valence-electron chi connectivity index (χ1n) is 12.8. The molecule has 0 fully saturated rings. The molecule has 0 atom stereocenters. The Morgan fingerprint density at radius 2 is 0.966 bits per heavy atom. The van der Waals surface area contributed by atoms with Gasteiger partial charge in [0.1, 0.15) is 0 Å². The molecule has 0 N–H and O–H groups in total. The van der Waals surface area contributed by atoms with Crippen LogP contribution in [0.15, 0.2) is 12.2 Å². The fourth-order valence-electron chi connectivity index (χ4n) is 3.84. The predicted octanol–water partition coefficient (Wildman–Crippen LogP) is 9.35. The second-order valence-electron chi connectivity index (χ2n) is 9.69. The minimum atomic E-state index is -1.85. The summed E-state index contributed by atoms with van der Waals surface area (Å²) in [4.78, 5) is 11.7. The molecular weight excluding hydrogens is 372 g/mol. The van der Waals surface area contributed by atoms with Crippen molar-refractivity contribution in [2.24, 2.45) is 0 Å². The van der Waals surface area contributed by atoms with Crippen LogP contribution in [0.4, 0.5) is 0 Å². The first-order valence-corrected chi connectivity index (χ1v) is 15.9. The van der Waals surface area contributed by atoms with Crippen molar-refractivity contribution in [1.82, 2.24) is 0 Å². The van der Waals surface area contributed by atoms with Crippen LogP contribution in [0, 0.1) is 0 Å². The van der Waals surface area contributed by atoms with Gasteiger partial charge in [0.2, 0.25) is 8.32 Å². The van der Waals surface area contributed by atoms with Crippen molar-refractivity contribution < 1.29 is 9.22 Å². The van der Waals surface area contributed by atoms with Gasteiger partial charge < -0.3 is 4.43 Å². The second-order valence-corrected chi connectivity index (χ2v) is 13.9. The molecule has 0 aliphatic rings. The summed E-state index contributed by atoms with van der Waals surface area (Å²) in [6.07, 6.45) is 25.2. The van der Waals surface area contributed by atoms with E-state index < -0.39 is 8.32 Å². The lowest BCUT2D eigenvalue weighted by molar-refractivity contribution is -0.130. The zero-order valence-electron chi connectivity index (χ0n) is 20.5. The average Bonchev–Trinajstić information content (AvgIpc) is 2.66. The Balaban J connectivity index is 3.28. The molecule has 0 aliphatic heterocycles. The third kappa shape index (κ3) is 20.5. The van der Waals surface area contributed by atoms with Crippen molar-refractivity contribution in [2.75, 3.05) is 0 Å². The van der Waals surface area contributed by atoms with Gasteiger partial charge >= 0.3 is 5.97 Å². The van der Waals surface area contributed by atoms with E-state index in [4.69, 9.17) is 4.43 Å². The average molecular weight is 425 g/mol. The van der Waals surface area contributed by atoms with Crippen LogP contribution in [0.3, 0.4) is 0 Å². The summed E-state index contributed by atoms with van der Waals surface area (Å²) in [5, 5.41) is 0. The highest BCUT2D eigenvalue weighted by Gasteiger charge is 2.26. The van der Waals surface area contributed by atoms with Gasteiger partial charge in [-0.25, -0.2) is 4.79 Å². The van der Waals surface area contributed by atoms with Crippen molar-refractivity contribution in [1.29, 1.82) is 0 Å². The van der Waals surface area contributed by atoms with Gasteiger partial charge in [0.05, 0.1) is 0 Å². The summed E-state index contributed by atoms with van der Waals surface area (Å²) in [6, 6.07) is 1.07. The third-order valence-corrected chi connectivity index (χ3v) is 8.15. The number of carbonyl (C=O) groups excluding carboxylic acids is 1. The number of unbranched alkanes of at least 4 members (excludes halogenated alkanes) is 17.